The summed E-state index contributed by atoms with van der Waals surface area (Å²) in [4.78, 5) is 0. The van der Waals surface area contributed by atoms with Gasteiger partial charge in [-0.25, -0.2) is 0 Å². The summed E-state index contributed by atoms with van der Waals surface area (Å²) in [6.45, 7) is 2.02. The normalized spacial score (nSPS) is 11.1. The van der Waals surface area contributed by atoms with E-state index >= 15 is 0 Å². The lowest BCUT2D eigenvalue weighted by molar-refractivity contribution is 0.884. The molecular weight excluding hydrogens is 234 g/mol. The molecule has 0 spiro atoms. The Morgan fingerprint density at radius 1 is 0.947 bits per heavy atom. The van der Waals surface area contributed by atoms with Gasteiger partial charge in [0.15, 0.2) is 0 Å². The lowest BCUT2D eigenvalue weighted by Gasteiger charge is -2.16. The van der Waals surface area contributed by atoms with Crippen molar-refractivity contribution in [2.45, 2.75) is 13.0 Å². The molecule has 0 aliphatic carbocycles. The maximum atomic E-state index is 8.90. The number of nitriles is 2. The van der Waals surface area contributed by atoms with Crippen molar-refractivity contribution in [1.82, 2.24) is 0 Å². The topological polar surface area (TPSA) is 59.6 Å². The van der Waals surface area contributed by atoms with Crippen LogP contribution in [-0.4, -0.2) is 0 Å². The molecule has 0 radical (unpaired) electrons. The predicted octanol–water partition coefficient (Wildman–Crippen LogP) is 3.60. The van der Waals surface area contributed by atoms with E-state index in [9.17, 15) is 0 Å². The van der Waals surface area contributed by atoms with Crippen LogP contribution in [0.4, 0.5) is 5.69 Å². The molecule has 1 unspecified atom stereocenters. The number of nitrogens with one attached hydrogen (secondary N) is 1. The summed E-state index contributed by atoms with van der Waals surface area (Å²) in [5, 5.41) is 21.1. The minimum absolute atomic E-state index is 0.0715. The average molecular weight is 247 g/mol. The molecule has 3 heteroatoms. The van der Waals surface area contributed by atoms with Crippen molar-refractivity contribution >= 4 is 5.69 Å². The molecular formula is C16H13N3. The van der Waals surface area contributed by atoms with Gasteiger partial charge in [0.05, 0.1) is 23.3 Å². The second-order valence-electron chi connectivity index (χ2n) is 4.30. The summed E-state index contributed by atoms with van der Waals surface area (Å²) in [5.74, 6) is 0. The van der Waals surface area contributed by atoms with Crippen LogP contribution in [0.3, 0.4) is 0 Å². The van der Waals surface area contributed by atoms with E-state index in [2.05, 4.69) is 17.5 Å². The lowest BCUT2D eigenvalue weighted by Crippen LogP contribution is -2.06. The molecule has 0 amide bonds. The fourth-order valence-corrected chi connectivity index (χ4v) is 1.89. The number of anilines is 1. The van der Waals surface area contributed by atoms with Crippen molar-refractivity contribution in [3.8, 4) is 12.1 Å². The highest BCUT2D eigenvalue weighted by molar-refractivity contribution is 5.51. The Morgan fingerprint density at radius 2 is 1.58 bits per heavy atom. The molecule has 3 nitrogen and oxygen atoms in total. The molecule has 0 bridgehead atoms. The summed E-state index contributed by atoms with van der Waals surface area (Å²) in [5.41, 5.74) is 3.22. The van der Waals surface area contributed by atoms with Gasteiger partial charge < -0.3 is 5.32 Å². The summed E-state index contributed by atoms with van der Waals surface area (Å²) < 4.78 is 0. The van der Waals surface area contributed by atoms with E-state index in [-0.39, 0.29) is 6.04 Å². The van der Waals surface area contributed by atoms with Crippen LogP contribution in [0.2, 0.25) is 0 Å². The molecule has 0 aliphatic heterocycles. The maximum Gasteiger partial charge on any atom is 0.0992 e. The first-order valence-corrected chi connectivity index (χ1v) is 5.99. The first-order valence-electron chi connectivity index (χ1n) is 5.99. The smallest absolute Gasteiger partial charge is 0.0992 e. The van der Waals surface area contributed by atoms with Crippen LogP contribution >= 0.6 is 0 Å². The van der Waals surface area contributed by atoms with Crippen LogP contribution in [0.5, 0.6) is 0 Å². The predicted molar refractivity (Wildman–Crippen MR) is 74.4 cm³/mol. The van der Waals surface area contributed by atoms with Crippen LogP contribution in [0.15, 0.2) is 48.5 Å². The Hall–Kier alpha value is -2.78. The molecule has 0 aromatic heterocycles. The number of benzene rings is 2. The van der Waals surface area contributed by atoms with Crippen LogP contribution in [0.1, 0.15) is 29.7 Å². The molecule has 19 heavy (non-hydrogen) atoms. The minimum Gasteiger partial charge on any atom is -0.378 e. The zero-order valence-electron chi connectivity index (χ0n) is 10.6. The SMILES string of the molecule is CC(Nc1cccc(C#N)c1)c1cccc(C#N)c1. The summed E-state index contributed by atoms with van der Waals surface area (Å²) in [6.07, 6.45) is 0. The van der Waals surface area contributed by atoms with E-state index < -0.39 is 0 Å². The molecule has 2 rings (SSSR count). The third kappa shape index (κ3) is 3.12. The minimum atomic E-state index is 0.0715. The standard InChI is InChI=1S/C16H13N3/c1-12(15-6-2-4-13(8-15)10-17)19-16-7-3-5-14(9-16)11-18/h2-9,12,19H,1H3. The lowest BCUT2D eigenvalue weighted by atomic mass is 10.1. The molecule has 0 heterocycles. The molecule has 0 aliphatic rings. The quantitative estimate of drug-likeness (QED) is 0.901. The summed E-state index contributed by atoms with van der Waals surface area (Å²) >= 11 is 0. The van der Waals surface area contributed by atoms with Gasteiger partial charge in [-0.05, 0) is 42.8 Å². The fourth-order valence-electron chi connectivity index (χ4n) is 1.89. The largest absolute Gasteiger partial charge is 0.378 e. The third-order valence-electron chi connectivity index (χ3n) is 2.89. The zero-order valence-corrected chi connectivity index (χ0v) is 10.6. The van der Waals surface area contributed by atoms with Gasteiger partial charge in [0.2, 0.25) is 0 Å². The van der Waals surface area contributed by atoms with Crippen molar-refractivity contribution in [2.24, 2.45) is 0 Å². The first-order chi connectivity index (χ1) is 9.22. The number of rotatable bonds is 3. The Labute approximate surface area is 112 Å². The van der Waals surface area contributed by atoms with Gasteiger partial charge in [-0.15, -0.1) is 0 Å². The molecule has 0 saturated carbocycles. The van der Waals surface area contributed by atoms with E-state index in [1.165, 1.54) is 0 Å². The molecule has 92 valence electrons. The van der Waals surface area contributed by atoms with Gasteiger partial charge in [-0.3, -0.25) is 0 Å². The Balaban J connectivity index is 2.18. The van der Waals surface area contributed by atoms with Crippen LogP contribution in [0.25, 0.3) is 0 Å². The second kappa shape index (κ2) is 5.71. The summed E-state index contributed by atoms with van der Waals surface area (Å²) in [7, 11) is 0. The Morgan fingerprint density at radius 3 is 2.26 bits per heavy atom. The average Bonchev–Trinajstić information content (AvgIpc) is 2.47. The van der Waals surface area contributed by atoms with Gasteiger partial charge in [-0.2, -0.15) is 10.5 Å². The van der Waals surface area contributed by atoms with E-state index in [4.69, 9.17) is 10.5 Å². The second-order valence-corrected chi connectivity index (χ2v) is 4.30. The van der Waals surface area contributed by atoms with Gasteiger partial charge >= 0.3 is 0 Å². The first kappa shape index (κ1) is 12.7. The van der Waals surface area contributed by atoms with Gasteiger partial charge in [0.25, 0.3) is 0 Å². The highest BCUT2D eigenvalue weighted by atomic mass is 14.9. The Bertz CT molecular complexity index is 662. The van der Waals surface area contributed by atoms with Crippen molar-refractivity contribution < 1.29 is 0 Å². The summed E-state index contributed by atoms with van der Waals surface area (Å²) in [6, 6.07) is 19.2. The van der Waals surface area contributed by atoms with E-state index in [0.717, 1.165) is 11.3 Å². The van der Waals surface area contributed by atoms with Gasteiger partial charge in [-0.1, -0.05) is 18.2 Å². The highest BCUT2D eigenvalue weighted by Crippen LogP contribution is 2.20. The van der Waals surface area contributed by atoms with E-state index in [1.807, 2.05) is 43.3 Å². The molecule has 1 atom stereocenters. The number of hydrogen-bond acceptors (Lipinski definition) is 3. The zero-order chi connectivity index (χ0) is 13.7. The van der Waals surface area contributed by atoms with E-state index in [0.29, 0.717) is 11.1 Å². The number of hydrogen-bond donors (Lipinski definition) is 1. The van der Waals surface area contributed by atoms with Crippen molar-refractivity contribution in [3.05, 3.63) is 65.2 Å². The van der Waals surface area contributed by atoms with Gasteiger partial charge in [0.1, 0.15) is 0 Å². The van der Waals surface area contributed by atoms with Crippen LogP contribution < -0.4 is 5.32 Å². The molecule has 2 aromatic carbocycles. The molecule has 0 fully saturated rings. The molecule has 1 N–H and O–H groups in total. The fraction of sp³-hybridized carbons (Fsp3) is 0.125. The van der Waals surface area contributed by atoms with E-state index in [1.54, 1.807) is 12.1 Å². The van der Waals surface area contributed by atoms with Crippen LogP contribution in [0, 0.1) is 22.7 Å². The van der Waals surface area contributed by atoms with Crippen LogP contribution in [-0.2, 0) is 0 Å². The monoisotopic (exact) mass is 247 g/mol. The maximum absolute atomic E-state index is 8.90. The van der Waals surface area contributed by atoms with Gasteiger partial charge in [0, 0.05) is 11.7 Å². The number of nitrogens with zero attached hydrogens (tertiary/aromatic N) is 2. The van der Waals surface area contributed by atoms with Crippen molar-refractivity contribution in [2.75, 3.05) is 5.32 Å². The molecule has 2 aromatic rings. The Kier molecular flexibility index (Phi) is 3.81. The van der Waals surface area contributed by atoms with Crippen molar-refractivity contribution in [3.63, 3.8) is 0 Å². The third-order valence-corrected chi connectivity index (χ3v) is 2.89. The molecule has 0 saturated heterocycles. The van der Waals surface area contributed by atoms with Crippen molar-refractivity contribution in [1.29, 1.82) is 10.5 Å². The highest BCUT2D eigenvalue weighted by Gasteiger charge is 2.06.